The van der Waals surface area contributed by atoms with Crippen LogP contribution in [0.15, 0.2) is 22.0 Å². The number of halogens is 1. The maximum absolute atomic E-state index is 8.95. The van der Waals surface area contributed by atoms with Gasteiger partial charge in [0.2, 0.25) is 0 Å². The fourth-order valence-corrected chi connectivity index (χ4v) is 3.43. The van der Waals surface area contributed by atoms with Crippen molar-refractivity contribution in [3.8, 4) is 0 Å². The highest BCUT2D eigenvalue weighted by molar-refractivity contribution is 9.10. The van der Waals surface area contributed by atoms with Crippen LogP contribution < -0.4 is 0 Å². The van der Waals surface area contributed by atoms with E-state index in [1.165, 1.54) is 21.2 Å². The number of aryl methyl sites for hydroxylation is 1. The maximum Gasteiger partial charge on any atom is 0.0471 e. The molecule has 0 bridgehead atoms. The molecule has 0 fully saturated rings. The van der Waals surface area contributed by atoms with Crippen molar-refractivity contribution >= 4 is 37.4 Å². The number of benzene rings is 1. The average Bonchev–Trinajstić information content (AvgIpc) is 2.58. The topological polar surface area (TPSA) is 20.2 Å². The van der Waals surface area contributed by atoms with Gasteiger partial charge in [-0.3, -0.25) is 0 Å². The van der Waals surface area contributed by atoms with Gasteiger partial charge in [0, 0.05) is 21.2 Å². The first-order valence-electron chi connectivity index (χ1n) is 4.50. The van der Waals surface area contributed by atoms with Crippen molar-refractivity contribution in [2.45, 2.75) is 13.3 Å². The molecule has 1 N–H and O–H groups in total. The van der Waals surface area contributed by atoms with Gasteiger partial charge in [-0.15, -0.1) is 11.3 Å². The van der Waals surface area contributed by atoms with Crippen LogP contribution in [0.3, 0.4) is 0 Å². The van der Waals surface area contributed by atoms with Gasteiger partial charge >= 0.3 is 0 Å². The maximum atomic E-state index is 8.95. The second-order valence-electron chi connectivity index (χ2n) is 3.30. The van der Waals surface area contributed by atoms with E-state index in [-0.39, 0.29) is 6.61 Å². The van der Waals surface area contributed by atoms with E-state index in [2.05, 4.69) is 40.4 Å². The summed E-state index contributed by atoms with van der Waals surface area (Å²) in [5.74, 6) is 0. The minimum Gasteiger partial charge on any atom is -0.396 e. The number of aliphatic hydroxyl groups excluding tert-OH is 1. The molecule has 3 heteroatoms. The summed E-state index contributed by atoms with van der Waals surface area (Å²) in [7, 11) is 0. The average molecular weight is 271 g/mol. The molecule has 0 aliphatic heterocycles. The van der Waals surface area contributed by atoms with Gasteiger partial charge in [-0.05, 0) is 35.9 Å². The molecule has 0 spiro atoms. The van der Waals surface area contributed by atoms with E-state index >= 15 is 0 Å². The fraction of sp³-hybridized carbons (Fsp3) is 0.273. The molecule has 0 radical (unpaired) electrons. The van der Waals surface area contributed by atoms with Crippen LogP contribution in [0.4, 0.5) is 0 Å². The van der Waals surface area contributed by atoms with E-state index < -0.39 is 0 Å². The minimum atomic E-state index is 0.214. The molecule has 1 nitrogen and oxygen atoms in total. The first kappa shape index (κ1) is 10.1. The molecule has 2 aromatic rings. The van der Waals surface area contributed by atoms with Gasteiger partial charge in [0.15, 0.2) is 0 Å². The Hall–Kier alpha value is -0.380. The van der Waals surface area contributed by atoms with E-state index in [0.717, 1.165) is 10.9 Å². The standard InChI is InChI=1S/C11H11BrOS/c1-7-2-3-9(12)10-8(4-5-13)6-14-11(7)10/h2-3,6,13H,4-5H2,1H3. The molecular weight excluding hydrogens is 260 g/mol. The predicted molar refractivity (Wildman–Crippen MR) is 65.1 cm³/mol. The van der Waals surface area contributed by atoms with Gasteiger partial charge in [0.05, 0.1) is 0 Å². The lowest BCUT2D eigenvalue weighted by Crippen LogP contribution is -1.88. The van der Waals surface area contributed by atoms with Crippen LogP contribution >= 0.6 is 27.3 Å². The highest BCUT2D eigenvalue weighted by atomic mass is 79.9. The SMILES string of the molecule is Cc1ccc(Br)c2c(CCO)csc12. The number of hydrogen-bond acceptors (Lipinski definition) is 2. The molecule has 0 aliphatic carbocycles. The van der Waals surface area contributed by atoms with E-state index in [0.29, 0.717) is 0 Å². The highest BCUT2D eigenvalue weighted by Gasteiger charge is 2.08. The van der Waals surface area contributed by atoms with Crippen LogP contribution in [0.25, 0.3) is 10.1 Å². The van der Waals surface area contributed by atoms with Gasteiger partial charge in [0.25, 0.3) is 0 Å². The third kappa shape index (κ3) is 1.60. The molecule has 0 amide bonds. The summed E-state index contributed by atoms with van der Waals surface area (Å²) in [6, 6.07) is 4.19. The van der Waals surface area contributed by atoms with Crippen LogP contribution in [0.1, 0.15) is 11.1 Å². The van der Waals surface area contributed by atoms with Crippen molar-refractivity contribution in [1.29, 1.82) is 0 Å². The molecule has 1 aromatic heterocycles. The molecule has 0 unspecified atom stereocenters. The van der Waals surface area contributed by atoms with E-state index in [1.807, 2.05) is 0 Å². The van der Waals surface area contributed by atoms with E-state index in [4.69, 9.17) is 5.11 Å². The summed E-state index contributed by atoms with van der Waals surface area (Å²) >= 11 is 5.31. The smallest absolute Gasteiger partial charge is 0.0471 e. The highest BCUT2D eigenvalue weighted by Crippen LogP contribution is 2.34. The first-order valence-corrected chi connectivity index (χ1v) is 6.17. The third-order valence-electron chi connectivity index (χ3n) is 2.32. The van der Waals surface area contributed by atoms with Gasteiger partial charge in [-0.1, -0.05) is 22.0 Å². The molecule has 1 aromatic carbocycles. The summed E-state index contributed by atoms with van der Waals surface area (Å²) < 4.78 is 2.45. The largest absolute Gasteiger partial charge is 0.396 e. The lowest BCUT2D eigenvalue weighted by Gasteiger charge is -2.01. The summed E-state index contributed by atoms with van der Waals surface area (Å²) in [6.07, 6.45) is 0.738. The molecule has 14 heavy (non-hydrogen) atoms. The Morgan fingerprint density at radius 2 is 2.21 bits per heavy atom. The van der Waals surface area contributed by atoms with Crippen molar-refractivity contribution in [1.82, 2.24) is 0 Å². The fourth-order valence-electron chi connectivity index (χ4n) is 1.61. The zero-order chi connectivity index (χ0) is 10.1. The summed E-state index contributed by atoms with van der Waals surface area (Å²) in [4.78, 5) is 0. The normalized spacial score (nSPS) is 11.1. The second kappa shape index (κ2) is 4.01. The van der Waals surface area contributed by atoms with Gasteiger partial charge in [-0.2, -0.15) is 0 Å². The van der Waals surface area contributed by atoms with Crippen LogP contribution in [0.2, 0.25) is 0 Å². The first-order chi connectivity index (χ1) is 6.74. The van der Waals surface area contributed by atoms with Crippen LogP contribution in [0, 0.1) is 6.92 Å². The van der Waals surface area contributed by atoms with Crippen LogP contribution in [0.5, 0.6) is 0 Å². The van der Waals surface area contributed by atoms with E-state index in [9.17, 15) is 0 Å². The molecule has 74 valence electrons. The summed E-state index contributed by atoms with van der Waals surface area (Å²) in [6.45, 7) is 2.33. The van der Waals surface area contributed by atoms with E-state index in [1.54, 1.807) is 11.3 Å². The summed E-state index contributed by atoms with van der Waals surface area (Å²) in [5, 5.41) is 12.4. The van der Waals surface area contributed by atoms with Crippen molar-refractivity contribution in [2.24, 2.45) is 0 Å². The van der Waals surface area contributed by atoms with Crippen molar-refractivity contribution in [3.63, 3.8) is 0 Å². The number of aliphatic hydroxyl groups is 1. The zero-order valence-electron chi connectivity index (χ0n) is 7.88. The van der Waals surface area contributed by atoms with Gasteiger partial charge in [-0.25, -0.2) is 0 Å². The van der Waals surface area contributed by atoms with Crippen molar-refractivity contribution in [2.75, 3.05) is 6.61 Å². The van der Waals surface area contributed by atoms with Crippen LogP contribution in [-0.2, 0) is 6.42 Å². The molecule has 0 aliphatic rings. The Morgan fingerprint density at radius 3 is 2.93 bits per heavy atom. The lowest BCUT2D eigenvalue weighted by atomic mass is 10.1. The minimum absolute atomic E-state index is 0.214. The van der Waals surface area contributed by atoms with Crippen LogP contribution in [-0.4, -0.2) is 11.7 Å². The Labute approximate surface area is 95.5 Å². The lowest BCUT2D eigenvalue weighted by molar-refractivity contribution is 0.300. The zero-order valence-corrected chi connectivity index (χ0v) is 10.3. The number of hydrogen-bond donors (Lipinski definition) is 1. The Kier molecular flexibility index (Phi) is 2.91. The van der Waals surface area contributed by atoms with Gasteiger partial charge in [0.1, 0.15) is 0 Å². The monoisotopic (exact) mass is 270 g/mol. The number of thiophene rings is 1. The molecule has 0 atom stereocenters. The Balaban J connectivity index is 2.70. The summed E-state index contributed by atoms with van der Waals surface area (Å²) in [5.41, 5.74) is 2.54. The van der Waals surface area contributed by atoms with Crippen molar-refractivity contribution in [3.05, 3.63) is 33.1 Å². The van der Waals surface area contributed by atoms with Crippen molar-refractivity contribution < 1.29 is 5.11 Å². The molecule has 1 heterocycles. The number of fused-ring (bicyclic) bond motifs is 1. The second-order valence-corrected chi connectivity index (χ2v) is 5.04. The molecular formula is C11H11BrOS. The molecule has 0 saturated heterocycles. The quantitative estimate of drug-likeness (QED) is 0.886. The third-order valence-corrected chi connectivity index (χ3v) is 4.15. The molecule has 2 rings (SSSR count). The Morgan fingerprint density at radius 1 is 1.43 bits per heavy atom. The Bertz CT molecular complexity index is 462. The van der Waals surface area contributed by atoms with Gasteiger partial charge < -0.3 is 5.11 Å². The molecule has 0 saturated carbocycles. The number of rotatable bonds is 2. The predicted octanol–water partition coefficient (Wildman–Crippen LogP) is 3.51.